The molecule has 1 saturated heterocycles. The normalized spacial score (nSPS) is 19.8. The lowest BCUT2D eigenvalue weighted by Crippen LogP contribution is -2.50. The first kappa shape index (κ1) is 14.0. The Morgan fingerprint density at radius 1 is 1.53 bits per heavy atom. The molecule has 19 heavy (non-hydrogen) atoms. The lowest BCUT2D eigenvalue weighted by Gasteiger charge is -2.32. The molecule has 1 aromatic heterocycles. The summed E-state index contributed by atoms with van der Waals surface area (Å²) in [5.74, 6) is 0.227. The predicted molar refractivity (Wildman–Crippen MR) is 75.7 cm³/mol. The van der Waals surface area contributed by atoms with Gasteiger partial charge in [-0.2, -0.15) is 0 Å². The van der Waals surface area contributed by atoms with E-state index in [0.717, 1.165) is 43.6 Å². The summed E-state index contributed by atoms with van der Waals surface area (Å²) in [7, 11) is 0. The van der Waals surface area contributed by atoms with E-state index in [-0.39, 0.29) is 11.9 Å². The van der Waals surface area contributed by atoms with Crippen LogP contribution in [0.2, 0.25) is 0 Å². The first-order valence-electron chi connectivity index (χ1n) is 7.15. The molecule has 1 fully saturated rings. The number of rotatable bonds is 5. The van der Waals surface area contributed by atoms with Crippen molar-refractivity contribution in [2.75, 3.05) is 13.1 Å². The molecule has 1 amide bonds. The molecule has 0 saturated carbocycles. The summed E-state index contributed by atoms with van der Waals surface area (Å²) in [4.78, 5) is 18.7. The third-order valence-corrected chi connectivity index (χ3v) is 3.63. The highest BCUT2D eigenvalue weighted by atomic mass is 16.2. The van der Waals surface area contributed by atoms with Gasteiger partial charge in [0, 0.05) is 12.7 Å². The van der Waals surface area contributed by atoms with E-state index in [1.807, 2.05) is 24.0 Å². The number of nitrogens with one attached hydrogen (secondary N) is 1. The number of carbonyl (C=O) groups excluding carboxylic acids is 1. The number of amides is 1. The number of nitrogens with zero attached hydrogens (tertiary/aromatic N) is 2. The molecule has 1 N–H and O–H groups in total. The summed E-state index contributed by atoms with van der Waals surface area (Å²) >= 11 is 0. The number of pyridine rings is 1. The second-order valence-corrected chi connectivity index (χ2v) is 5.18. The largest absolute Gasteiger partial charge is 0.335 e. The molecule has 0 aromatic carbocycles. The highest BCUT2D eigenvalue weighted by molar-refractivity contribution is 5.82. The van der Waals surface area contributed by atoms with Crippen molar-refractivity contribution in [3.8, 4) is 0 Å². The molecule has 4 heteroatoms. The second-order valence-electron chi connectivity index (χ2n) is 5.18. The van der Waals surface area contributed by atoms with E-state index in [2.05, 4.69) is 17.2 Å². The van der Waals surface area contributed by atoms with Crippen molar-refractivity contribution in [1.29, 1.82) is 0 Å². The minimum Gasteiger partial charge on any atom is -0.335 e. The molecule has 0 radical (unpaired) electrons. The molecule has 1 aliphatic heterocycles. The van der Waals surface area contributed by atoms with E-state index >= 15 is 0 Å². The van der Waals surface area contributed by atoms with Gasteiger partial charge in [0.25, 0.3) is 0 Å². The van der Waals surface area contributed by atoms with Crippen LogP contribution in [0.5, 0.6) is 0 Å². The van der Waals surface area contributed by atoms with Gasteiger partial charge < -0.3 is 10.2 Å². The summed E-state index contributed by atoms with van der Waals surface area (Å²) in [5.41, 5.74) is 2.16. The van der Waals surface area contributed by atoms with Gasteiger partial charge in [-0.3, -0.25) is 9.78 Å². The minimum atomic E-state index is -0.00211. The Labute approximate surface area is 115 Å². The fraction of sp³-hybridized carbons (Fsp3) is 0.600. The number of piperidine rings is 1. The van der Waals surface area contributed by atoms with Crippen LogP contribution in [0, 0.1) is 6.92 Å². The Kier molecular flexibility index (Phi) is 4.91. The van der Waals surface area contributed by atoms with E-state index in [1.54, 1.807) is 6.20 Å². The summed E-state index contributed by atoms with van der Waals surface area (Å²) < 4.78 is 0. The molecule has 1 unspecified atom stereocenters. The molecular formula is C15H23N3O. The van der Waals surface area contributed by atoms with Gasteiger partial charge in [0.05, 0.1) is 18.3 Å². The van der Waals surface area contributed by atoms with Crippen LogP contribution < -0.4 is 5.32 Å². The summed E-state index contributed by atoms with van der Waals surface area (Å²) in [6.07, 6.45) is 4.88. The second kappa shape index (κ2) is 6.66. The highest BCUT2D eigenvalue weighted by Crippen LogP contribution is 2.15. The maximum atomic E-state index is 12.4. The van der Waals surface area contributed by atoms with Crippen LogP contribution in [0.15, 0.2) is 18.3 Å². The molecule has 0 bridgehead atoms. The molecule has 2 rings (SSSR count). The number of hydrogen-bond donors (Lipinski definition) is 1. The van der Waals surface area contributed by atoms with Gasteiger partial charge in [0.1, 0.15) is 0 Å². The standard InChI is InChI=1S/C15H23N3O/c1-3-8-16-13-7-5-10-18(15(13)19)11-14-12(2)6-4-9-17-14/h4,6,9,13,16H,3,5,7-8,10-11H2,1-2H3. The first-order valence-corrected chi connectivity index (χ1v) is 7.15. The average Bonchev–Trinajstić information content (AvgIpc) is 2.42. The summed E-state index contributed by atoms with van der Waals surface area (Å²) in [6, 6.07) is 3.98. The monoisotopic (exact) mass is 261 g/mol. The van der Waals surface area contributed by atoms with Crippen LogP contribution in [-0.4, -0.2) is 34.9 Å². The molecule has 0 aliphatic carbocycles. The number of aromatic nitrogens is 1. The van der Waals surface area contributed by atoms with Crippen molar-refractivity contribution in [1.82, 2.24) is 15.2 Å². The lowest BCUT2D eigenvalue weighted by atomic mass is 10.0. The molecule has 1 aliphatic rings. The topological polar surface area (TPSA) is 45.2 Å². The molecule has 4 nitrogen and oxygen atoms in total. The Morgan fingerprint density at radius 2 is 2.37 bits per heavy atom. The van der Waals surface area contributed by atoms with Crippen molar-refractivity contribution < 1.29 is 4.79 Å². The van der Waals surface area contributed by atoms with E-state index in [0.29, 0.717) is 6.54 Å². The van der Waals surface area contributed by atoms with Gasteiger partial charge in [0.2, 0.25) is 5.91 Å². The highest BCUT2D eigenvalue weighted by Gasteiger charge is 2.28. The Morgan fingerprint density at radius 3 is 3.11 bits per heavy atom. The average molecular weight is 261 g/mol. The van der Waals surface area contributed by atoms with Gasteiger partial charge >= 0.3 is 0 Å². The third-order valence-electron chi connectivity index (χ3n) is 3.63. The fourth-order valence-electron chi connectivity index (χ4n) is 2.47. The summed E-state index contributed by atoms with van der Waals surface area (Å²) in [6.45, 7) is 6.56. The smallest absolute Gasteiger partial charge is 0.240 e. The maximum absolute atomic E-state index is 12.4. The zero-order chi connectivity index (χ0) is 13.7. The zero-order valence-corrected chi connectivity index (χ0v) is 11.9. The lowest BCUT2D eigenvalue weighted by molar-refractivity contribution is -0.136. The van der Waals surface area contributed by atoms with Gasteiger partial charge in [-0.25, -0.2) is 0 Å². The van der Waals surface area contributed by atoms with E-state index in [9.17, 15) is 4.79 Å². The van der Waals surface area contributed by atoms with Gasteiger partial charge in [0.15, 0.2) is 0 Å². The minimum absolute atomic E-state index is 0.00211. The van der Waals surface area contributed by atoms with Crippen LogP contribution in [0.3, 0.4) is 0 Å². The number of hydrogen-bond acceptors (Lipinski definition) is 3. The molecule has 1 aromatic rings. The summed E-state index contributed by atoms with van der Waals surface area (Å²) in [5, 5.41) is 3.34. The van der Waals surface area contributed by atoms with Crippen LogP contribution in [0.1, 0.15) is 37.4 Å². The molecule has 0 spiro atoms. The van der Waals surface area contributed by atoms with Crippen LogP contribution >= 0.6 is 0 Å². The molecular weight excluding hydrogens is 238 g/mol. The van der Waals surface area contributed by atoms with Crippen molar-refractivity contribution in [2.24, 2.45) is 0 Å². The van der Waals surface area contributed by atoms with Gasteiger partial charge in [-0.1, -0.05) is 13.0 Å². The predicted octanol–water partition coefficient (Wildman–Crippen LogP) is 1.88. The molecule has 1 atom stereocenters. The quantitative estimate of drug-likeness (QED) is 0.880. The SMILES string of the molecule is CCCNC1CCCN(Cc2ncccc2C)C1=O. The van der Waals surface area contributed by atoms with Crippen LogP contribution in [-0.2, 0) is 11.3 Å². The van der Waals surface area contributed by atoms with E-state index in [1.165, 1.54) is 0 Å². The van der Waals surface area contributed by atoms with Crippen LogP contribution in [0.4, 0.5) is 0 Å². The Balaban J connectivity index is 2.00. The Bertz CT molecular complexity index is 433. The first-order chi connectivity index (χ1) is 9.22. The van der Waals surface area contributed by atoms with Crippen molar-refractivity contribution >= 4 is 5.91 Å². The molecule has 2 heterocycles. The third kappa shape index (κ3) is 3.53. The van der Waals surface area contributed by atoms with E-state index < -0.39 is 0 Å². The fourth-order valence-corrected chi connectivity index (χ4v) is 2.47. The van der Waals surface area contributed by atoms with Crippen molar-refractivity contribution in [3.63, 3.8) is 0 Å². The van der Waals surface area contributed by atoms with Gasteiger partial charge in [-0.15, -0.1) is 0 Å². The number of aryl methyl sites for hydroxylation is 1. The van der Waals surface area contributed by atoms with Crippen molar-refractivity contribution in [3.05, 3.63) is 29.6 Å². The molecule has 104 valence electrons. The number of carbonyl (C=O) groups is 1. The maximum Gasteiger partial charge on any atom is 0.240 e. The zero-order valence-electron chi connectivity index (χ0n) is 11.9. The van der Waals surface area contributed by atoms with E-state index in [4.69, 9.17) is 0 Å². The number of likely N-dealkylation sites (tertiary alicyclic amines) is 1. The Hall–Kier alpha value is -1.42. The van der Waals surface area contributed by atoms with Gasteiger partial charge in [-0.05, 0) is 44.4 Å². The van der Waals surface area contributed by atoms with Crippen molar-refractivity contribution in [2.45, 2.75) is 45.7 Å². The van der Waals surface area contributed by atoms with Crippen LogP contribution in [0.25, 0.3) is 0 Å².